The van der Waals surface area contributed by atoms with Crippen molar-refractivity contribution in [2.45, 2.75) is 50.5 Å². The normalized spacial score (nSPS) is 48.0. The molecule has 4 rings (SSSR count). The van der Waals surface area contributed by atoms with Gasteiger partial charge in [-0.15, -0.1) is 0 Å². The first-order valence-corrected chi connectivity index (χ1v) is 7.71. The number of fused-ring (bicyclic) bond motifs is 1. The molecule has 0 aromatic heterocycles. The Morgan fingerprint density at radius 1 is 1.17 bits per heavy atom. The second-order valence-electron chi connectivity index (χ2n) is 6.75. The molecule has 3 heteroatoms. The van der Waals surface area contributed by atoms with Gasteiger partial charge in [-0.1, -0.05) is 12.8 Å². The van der Waals surface area contributed by atoms with E-state index in [-0.39, 0.29) is 5.97 Å². The predicted octanol–water partition coefficient (Wildman–Crippen LogP) is 2.20. The van der Waals surface area contributed by atoms with Crippen LogP contribution in [-0.4, -0.2) is 36.1 Å². The van der Waals surface area contributed by atoms with E-state index < -0.39 is 0 Å². The molecular weight excluding hydrogens is 226 g/mol. The molecule has 100 valence electrons. The Hall–Kier alpha value is -0.570. The standard InChI is InChI=1S/C15H23NO2/c17-14-9-13-11(10-18-14)4-7-16-8-5-12-3-1-2-6-15(12,13)16/h11-13H,1-10H2/t11?,12?,13?,15-/m0/s1. The van der Waals surface area contributed by atoms with Gasteiger partial charge in [0.1, 0.15) is 0 Å². The average Bonchev–Trinajstić information content (AvgIpc) is 2.78. The van der Waals surface area contributed by atoms with Crippen molar-refractivity contribution >= 4 is 5.97 Å². The lowest BCUT2D eigenvalue weighted by Crippen LogP contribution is -2.62. The minimum absolute atomic E-state index is 0.0590. The molecule has 0 amide bonds. The molecule has 3 saturated heterocycles. The van der Waals surface area contributed by atoms with Crippen LogP contribution in [0.1, 0.15) is 44.9 Å². The third-order valence-electron chi connectivity index (χ3n) is 6.25. The molecule has 3 aliphatic heterocycles. The van der Waals surface area contributed by atoms with Gasteiger partial charge >= 0.3 is 5.97 Å². The second-order valence-corrected chi connectivity index (χ2v) is 6.75. The molecule has 1 saturated carbocycles. The van der Waals surface area contributed by atoms with Crippen LogP contribution in [0.4, 0.5) is 0 Å². The summed E-state index contributed by atoms with van der Waals surface area (Å²) in [5.74, 6) is 2.17. The highest BCUT2D eigenvalue weighted by atomic mass is 16.5. The van der Waals surface area contributed by atoms with Crippen LogP contribution >= 0.6 is 0 Å². The minimum Gasteiger partial charge on any atom is -0.465 e. The van der Waals surface area contributed by atoms with Crippen LogP contribution in [0.3, 0.4) is 0 Å². The third-order valence-corrected chi connectivity index (χ3v) is 6.25. The molecule has 0 aromatic carbocycles. The van der Waals surface area contributed by atoms with E-state index in [2.05, 4.69) is 4.90 Å². The lowest BCUT2D eigenvalue weighted by atomic mass is 9.59. The number of carbonyl (C=O) groups excluding carboxylic acids is 1. The van der Waals surface area contributed by atoms with Crippen molar-refractivity contribution in [3.63, 3.8) is 0 Å². The fourth-order valence-electron chi connectivity index (χ4n) is 5.54. The number of carbonyl (C=O) groups is 1. The Bertz CT molecular complexity index is 362. The maximum absolute atomic E-state index is 11.7. The summed E-state index contributed by atoms with van der Waals surface area (Å²) < 4.78 is 5.31. The van der Waals surface area contributed by atoms with Gasteiger partial charge in [-0.05, 0) is 56.5 Å². The van der Waals surface area contributed by atoms with Gasteiger partial charge in [0.05, 0.1) is 13.0 Å². The zero-order valence-corrected chi connectivity index (χ0v) is 11.1. The fourth-order valence-corrected chi connectivity index (χ4v) is 5.54. The molecule has 0 radical (unpaired) electrons. The Morgan fingerprint density at radius 3 is 3.00 bits per heavy atom. The molecule has 0 N–H and O–H groups in total. The maximum Gasteiger partial charge on any atom is 0.306 e. The zero-order valence-electron chi connectivity index (χ0n) is 11.1. The number of hydrogen-bond donors (Lipinski definition) is 0. The first-order valence-electron chi connectivity index (χ1n) is 7.71. The Balaban J connectivity index is 1.72. The highest BCUT2D eigenvalue weighted by molar-refractivity contribution is 5.70. The fraction of sp³-hybridized carbons (Fsp3) is 0.933. The second kappa shape index (κ2) is 3.96. The number of nitrogens with zero attached hydrogens (tertiary/aromatic N) is 1. The van der Waals surface area contributed by atoms with Crippen LogP contribution in [0.25, 0.3) is 0 Å². The van der Waals surface area contributed by atoms with E-state index in [0.29, 0.717) is 30.4 Å². The zero-order chi connectivity index (χ0) is 12.2. The van der Waals surface area contributed by atoms with E-state index in [1.54, 1.807) is 0 Å². The van der Waals surface area contributed by atoms with Crippen molar-refractivity contribution in [2.75, 3.05) is 19.7 Å². The van der Waals surface area contributed by atoms with Gasteiger partial charge in [-0.25, -0.2) is 0 Å². The Labute approximate surface area is 109 Å². The highest BCUT2D eigenvalue weighted by Gasteiger charge is 2.59. The number of piperidine rings is 1. The number of rotatable bonds is 0. The molecule has 18 heavy (non-hydrogen) atoms. The highest BCUT2D eigenvalue weighted by Crippen LogP contribution is 2.56. The van der Waals surface area contributed by atoms with Crippen LogP contribution in [0.2, 0.25) is 0 Å². The van der Waals surface area contributed by atoms with Crippen molar-refractivity contribution in [1.29, 1.82) is 0 Å². The number of cyclic esters (lactones) is 1. The van der Waals surface area contributed by atoms with Gasteiger partial charge in [0.15, 0.2) is 0 Å². The number of hydrogen-bond acceptors (Lipinski definition) is 3. The Morgan fingerprint density at radius 2 is 2.06 bits per heavy atom. The van der Waals surface area contributed by atoms with Crippen molar-refractivity contribution < 1.29 is 9.53 Å². The van der Waals surface area contributed by atoms with Crippen LogP contribution in [-0.2, 0) is 9.53 Å². The smallest absolute Gasteiger partial charge is 0.306 e. The van der Waals surface area contributed by atoms with E-state index in [4.69, 9.17) is 4.74 Å². The first-order chi connectivity index (χ1) is 8.80. The van der Waals surface area contributed by atoms with Crippen molar-refractivity contribution in [3.05, 3.63) is 0 Å². The van der Waals surface area contributed by atoms with E-state index >= 15 is 0 Å². The van der Waals surface area contributed by atoms with Crippen molar-refractivity contribution in [1.82, 2.24) is 4.90 Å². The molecule has 3 heterocycles. The molecule has 4 atom stereocenters. The molecule has 0 aromatic rings. The summed E-state index contributed by atoms with van der Waals surface area (Å²) >= 11 is 0. The molecule has 1 spiro atoms. The average molecular weight is 249 g/mol. The molecule has 4 fully saturated rings. The van der Waals surface area contributed by atoms with Crippen molar-refractivity contribution in [3.8, 4) is 0 Å². The molecule has 4 aliphatic rings. The minimum atomic E-state index is 0.0590. The summed E-state index contributed by atoms with van der Waals surface area (Å²) in [4.78, 5) is 14.5. The summed E-state index contributed by atoms with van der Waals surface area (Å²) in [5, 5.41) is 0. The van der Waals surface area contributed by atoms with Gasteiger partial charge in [-0.2, -0.15) is 0 Å². The van der Waals surface area contributed by atoms with Gasteiger partial charge in [0.2, 0.25) is 0 Å². The van der Waals surface area contributed by atoms with E-state index in [9.17, 15) is 4.79 Å². The lowest BCUT2D eigenvalue weighted by molar-refractivity contribution is -0.166. The van der Waals surface area contributed by atoms with Crippen molar-refractivity contribution in [2.24, 2.45) is 17.8 Å². The van der Waals surface area contributed by atoms with E-state index in [0.717, 1.165) is 5.92 Å². The molecule has 1 aliphatic carbocycles. The lowest BCUT2D eigenvalue weighted by Gasteiger charge is -2.57. The topological polar surface area (TPSA) is 29.5 Å². The first kappa shape index (κ1) is 11.3. The van der Waals surface area contributed by atoms with Crippen LogP contribution in [0.5, 0.6) is 0 Å². The summed E-state index contributed by atoms with van der Waals surface area (Å²) in [6, 6.07) is 0. The number of ether oxygens (including phenoxy) is 1. The molecule has 3 nitrogen and oxygen atoms in total. The monoisotopic (exact) mass is 249 g/mol. The molecule has 3 unspecified atom stereocenters. The SMILES string of the molecule is O=C1CC2C(CCN3CCC4CCCC[C@]423)CO1. The molecular formula is C15H23NO2. The van der Waals surface area contributed by atoms with Gasteiger partial charge in [-0.3, -0.25) is 9.69 Å². The van der Waals surface area contributed by atoms with E-state index in [1.807, 2.05) is 0 Å². The van der Waals surface area contributed by atoms with Gasteiger partial charge in [0, 0.05) is 5.54 Å². The van der Waals surface area contributed by atoms with Crippen LogP contribution < -0.4 is 0 Å². The van der Waals surface area contributed by atoms with E-state index in [1.165, 1.54) is 51.6 Å². The Kier molecular flexibility index (Phi) is 2.48. The molecule has 0 bridgehead atoms. The van der Waals surface area contributed by atoms with Gasteiger partial charge in [0.25, 0.3) is 0 Å². The van der Waals surface area contributed by atoms with Crippen LogP contribution in [0, 0.1) is 17.8 Å². The summed E-state index contributed by atoms with van der Waals surface area (Å²) in [6.45, 7) is 3.23. The summed E-state index contributed by atoms with van der Waals surface area (Å²) in [5.41, 5.74) is 0.389. The quantitative estimate of drug-likeness (QED) is 0.616. The third kappa shape index (κ3) is 1.37. The van der Waals surface area contributed by atoms with Crippen LogP contribution in [0.15, 0.2) is 0 Å². The summed E-state index contributed by atoms with van der Waals surface area (Å²) in [7, 11) is 0. The maximum atomic E-state index is 11.7. The predicted molar refractivity (Wildman–Crippen MR) is 68.1 cm³/mol. The largest absolute Gasteiger partial charge is 0.465 e. The van der Waals surface area contributed by atoms with Gasteiger partial charge < -0.3 is 4.74 Å². The number of esters is 1. The summed E-state index contributed by atoms with van der Waals surface area (Å²) in [6.07, 6.45) is 8.82.